The topological polar surface area (TPSA) is 6.25 Å². The monoisotopic (exact) mass is 557 g/mol. The molecule has 0 amide bonds. The van der Waals surface area contributed by atoms with Gasteiger partial charge in [0, 0.05) is 40.5 Å². The maximum atomic E-state index is 6.56. The average molecular weight is 558 g/mol. The van der Waals surface area contributed by atoms with Crippen molar-refractivity contribution in [3.8, 4) is 0 Å². The van der Waals surface area contributed by atoms with E-state index in [2.05, 4.69) is 128 Å². The zero-order chi connectivity index (χ0) is 28.2. The molecule has 0 aromatic heterocycles. The first-order chi connectivity index (χ1) is 19.9. The molecular weight excluding hydrogens is 520 g/mol. The number of hydrogen-bond acceptors (Lipinski definition) is 1. The van der Waals surface area contributed by atoms with Crippen molar-refractivity contribution in [2.24, 2.45) is 0 Å². The Bertz CT molecular complexity index is 1740. The minimum atomic E-state index is -0.186. The van der Waals surface area contributed by atoms with Gasteiger partial charge in [0.25, 0.3) is 0 Å². The number of hydrogen-bond donors (Lipinski definition) is 0. The first-order valence-electron chi connectivity index (χ1n) is 15.0. The summed E-state index contributed by atoms with van der Waals surface area (Å²) in [5.74, 6) is 0. The van der Waals surface area contributed by atoms with E-state index in [1.54, 1.807) is 0 Å². The van der Waals surface area contributed by atoms with Gasteiger partial charge in [0.2, 0.25) is 5.69 Å². The zero-order valence-electron chi connectivity index (χ0n) is 24.3. The van der Waals surface area contributed by atoms with Crippen molar-refractivity contribution < 1.29 is 4.58 Å². The fourth-order valence-corrected chi connectivity index (χ4v) is 8.30. The Morgan fingerprint density at radius 2 is 1.63 bits per heavy atom. The zero-order valence-corrected chi connectivity index (χ0v) is 25.1. The maximum absolute atomic E-state index is 6.56. The summed E-state index contributed by atoms with van der Waals surface area (Å²) in [5.41, 5.74) is 9.42. The second kappa shape index (κ2) is 10.0. The van der Waals surface area contributed by atoms with Gasteiger partial charge in [0.05, 0.1) is 10.8 Å². The molecule has 1 saturated carbocycles. The van der Waals surface area contributed by atoms with Crippen molar-refractivity contribution in [2.45, 2.75) is 56.3 Å². The molecule has 206 valence electrons. The Morgan fingerprint density at radius 1 is 0.878 bits per heavy atom. The van der Waals surface area contributed by atoms with Crippen molar-refractivity contribution in [1.82, 2.24) is 0 Å². The maximum Gasteiger partial charge on any atom is 0.217 e. The molecule has 0 saturated heterocycles. The van der Waals surface area contributed by atoms with Crippen molar-refractivity contribution in [1.29, 1.82) is 0 Å². The quantitative estimate of drug-likeness (QED) is 0.226. The van der Waals surface area contributed by atoms with E-state index in [1.807, 2.05) is 6.07 Å². The fraction of sp³-hybridized carbons (Fsp3) is 0.289. The van der Waals surface area contributed by atoms with Crippen LogP contribution in [0.2, 0.25) is 5.02 Å². The first-order valence-corrected chi connectivity index (χ1v) is 15.4. The number of fused-ring (bicyclic) bond motifs is 5. The Kier molecular flexibility index (Phi) is 6.43. The summed E-state index contributed by atoms with van der Waals surface area (Å²) in [5, 5.41) is 3.47. The highest BCUT2D eigenvalue weighted by atomic mass is 35.5. The molecule has 3 heteroatoms. The molecule has 1 fully saturated rings. The lowest BCUT2D eigenvalue weighted by Gasteiger charge is -2.31. The van der Waals surface area contributed by atoms with Crippen LogP contribution in [0.4, 0.5) is 11.4 Å². The first kappa shape index (κ1) is 26.3. The molecule has 4 aromatic carbocycles. The van der Waals surface area contributed by atoms with E-state index in [9.17, 15) is 0 Å². The summed E-state index contributed by atoms with van der Waals surface area (Å²) in [6.07, 6.45) is 14.3. The Morgan fingerprint density at radius 3 is 2.44 bits per heavy atom. The Hall–Kier alpha value is -3.62. The van der Waals surface area contributed by atoms with Gasteiger partial charge >= 0.3 is 0 Å². The normalized spacial score (nSPS) is 22.3. The lowest BCUT2D eigenvalue weighted by Crippen LogP contribution is -2.36. The molecule has 2 nitrogen and oxygen atoms in total. The van der Waals surface area contributed by atoms with Gasteiger partial charge in [0.1, 0.15) is 7.05 Å². The highest BCUT2D eigenvalue weighted by Crippen LogP contribution is 2.52. The summed E-state index contributed by atoms with van der Waals surface area (Å²) in [4.78, 5) is 2.36. The summed E-state index contributed by atoms with van der Waals surface area (Å²) in [6, 6.07) is 30.8. The molecule has 1 unspecified atom stereocenters. The highest BCUT2D eigenvalue weighted by molar-refractivity contribution is 6.30. The van der Waals surface area contributed by atoms with Crippen LogP contribution in [0.25, 0.3) is 10.8 Å². The number of nitrogens with zero attached hydrogens (tertiary/aromatic N) is 2. The summed E-state index contributed by atoms with van der Waals surface area (Å²) >= 11 is 6.56. The minimum absolute atomic E-state index is 0.0901. The summed E-state index contributed by atoms with van der Waals surface area (Å²) < 4.78 is 2.49. The molecule has 0 radical (unpaired) electrons. The largest absolute Gasteiger partial charge is 0.347 e. The van der Waals surface area contributed by atoms with Crippen molar-refractivity contribution in [2.75, 3.05) is 19.0 Å². The number of rotatable bonds is 4. The van der Waals surface area contributed by atoms with Crippen LogP contribution in [0.3, 0.4) is 0 Å². The van der Waals surface area contributed by atoms with Gasteiger partial charge < -0.3 is 4.90 Å². The number of allylic oxidation sites excluding steroid dienone is 4. The van der Waals surface area contributed by atoms with E-state index in [4.69, 9.17) is 11.6 Å². The van der Waals surface area contributed by atoms with Crippen LogP contribution in [0.5, 0.6) is 0 Å². The van der Waals surface area contributed by atoms with Crippen LogP contribution in [0, 0.1) is 0 Å². The number of anilines is 1. The molecule has 0 bridgehead atoms. The van der Waals surface area contributed by atoms with Crippen molar-refractivity contribution in [3.05, 3.63) is 131 Å². The summed E-state index contributed by atoms with van der Waals surface area (Å²) in [6.45, 7) is 2.37. The van der Waals surface area contributed by atoms with Crippen LogP contribution in [-0.4, -0.2) is 24.4 Å². The average Bonchev–Trinajstić information content (AvgIpc) is 3.34. The minimum Gasteiger partial charge on any atom is -0.347 e. The third-order valence-corrected chi connectivity index (χ3v) is 10.3. The predicted molar refractivity (Wildman–Crippen MR) is 174 cm³/mol. The van der Waals surface area contributed by atoms with Gasteiger partial charge in [-0.15, -0.1) is 0 Å². The van der Waals surface area contributed by atoms with Crippen LogP contribution in [0.1, 0.15) is 55.7 Å². The highest BCUT2D eigenvalue weighted by Gasteiger charge is 2.51. The van der Waals surface area contributed by atoms with E-state index in [0.717, 1.165) is 11.4 Å². The second-order valence-corrected chi connectivity index (χ2v) is 12.8. The lowest BCUT2D eigenvalue weighted by molar-refractivity contribution is -0.400. The summed E-state index contributed by atoms with van der Waals surface area (Å²) in [7, 11) is 4.47. The van der Waals surface area contributed by atoms with E-state index >= 15 is 0 Å². The molecule has 0 N–H and O–H groups in total. The van der Waals surface area contributed by atoms with Crippen LogP contribution >= 0.6 is 11.6 Å². The van der Waals surface area contributed by atoms with E-state index in [0.29, 0.717) is 0 Å². The SMILES string of the molecule is CN1C(=CC=CC2=[N+](C)c3c(ccc4ccccc34)C23CCCCC3)C(C)(Cc2ccccc2)c2cc(Cl)ccc21. The third kappa shape index (κ3) is 4.10. The van der Waals surface area contributed by atoms with Gasteiger partial charge in [-0.3, -0.25) is 0 Å². The van der Waals surface area contributed by atoms with Crippen LogP contribution in [0.15, 0.2) is 109 Å². The van der Waals surface area contributed by atoms with Gasteiger partial charge in [0.15, 0.2) is 5.71 Å². The van der Waals surface area contributed by atoms with E-state index in [-0.39, 0.29) is 10.8 Å². The molecule has 7 rings (SSSR count). The Balaban J connectivity index is 1.34. The van der Waals surface area contributed by atoms with Crippen molar-refractivity contribution in [3.63, 3.8) is 0 Å². The Labute approximate surface area is 249 Å². The van der Waals surface area contributed by atoms with Gasteiger partial charge in [-0.05, 0) is 73.0 Å². The third-order valence-electron chi connectivity index (χ3n) is 10.1. The lowest BCUT2D eigenvalue weighted by atomic mass is 9.67. The molecule has 41 heavy (non-hydrogen) atoms. The van der Waals surface area contributed by atoms with E-state index in [1.165, 1.54) is 82.4 Å². The molecule has 4 aromatic rings. The predicted octanol–water partition coefficient (Wildman–Crippen LogP) is 9.51. The smallest absolute Gasteiger partial charge is 0.217 e. The number of benzene rings is 4. The van der Waals surface area contributed by atoms with Crippen LogP contribution < -0.4 is 4.90 Å². The van der Waals surface area contributed by atoms with Gasteiger partial charge in [-0.2, -0.15) is 4.58 Å². The fourth-order valence-electron chi connectivity index (χ4n) is 8.13. The molecule has 2 aliphatic heterocycles. The van der Waals surface area contributed by atoms with Gasteiger partial charge in [-0.25, -0.2) is 0 Å². The molecule has 2 heterocycles. The van der Waals surface area contributed by atoms with Gasteiger partial charge in [-0.1, -0.05) is 97.6 Å². The van der Waals surface area contributed by atoms with Crippen molar-refractivity contribution >= 4 is 39.5 Å². The molecule has 1 spiro atoms. The molecule has 1 atom stereocenters. The number of likely N-dealkylation sites (N-methyl/N-ethyl adjacent to an activating group) is 1. The van der Waals surface area contributed by atoms with E-state index < -0.39 is 0 Å². The standard InChI is InChI=1S/C38H38ClN2/c1-37(26-27-13-6-4-7-14-27)32-25-29(39)20-22-33(32)40(2)34(37)17-12-18-35-38(23-10-5-11-24-38)31-21-19-28-15-8-9-16-30(28)36(31)41(35)3/h4,6-9,12-22,25H,5,10-11,23-24,26H2,1-3H3/q+1. The molecular formula is C38H38ClN2+. The number of halogens is 1. The molecule has 3 aliphatic rings. The molecule has 1 aliphatic carbocycles. The second-order valence-electron chi connectivity index (χ2n) is 12.4. The van der Waals surface area contributed by atoms with Crippen LogP contribution in [-0.2, 0) is 17.3 Å².